The van der Waals surface area contributed by atoms with Crippen LogP contribution >= 0.6 is 11.6 Å². The lowest BCUT2D eigenvalue weighted by atomic mass is 10.2. The van der Waals surface area contributed by atoms with Gasteiger partial charge in [-0.25, -0.2) is 0 Å². The molecule has 0 saturated carbocycles. The van der Waals surface area contributed by atoms with E-state index in [-0.39, 0.29) is 5.91 Å². The number of hydrogen-bond donors (Lipinski definition) is 1. The lowest BCUT2D eigenvalue weighted by Crippen LogP contribution is -2.36. The van der Waals surface area contributed by atoms with Crippen molar-refractivity contribution in [3.8, 4) is 5.75 Å². The first-order valence-corrected chi connectivity index (χ1v) is 9.04. The number of aryl methyl sites for hydroxylation is 2. The number of rotatable bonds is 5. The average Bonchev–Trinajstić information content (AvgIpc) is 2.81. The zero-order chi connectivity index (χ0) is 17.8. The highest BCUT2D eigenvalue weighted by atomic mass is 35.5. The number of benzene rings is 1. The van der Waals surface area contributed by atoms with E-state index < -0.39 is 6.10 Å². The molecule has 0 aliphatic carbocycles. The van der Waals surface area contributed by atoms with Gasteiger partial charge in [0.15, 0.2) is 11.9 Å². The molecule has 1 aromatic heterocycles. The molecule has 1 aliphatic rings. The summed E-state index contributed by atoms with van der Waals surface area (Å²) in [5.74, 6) is 2.30. The van der Waals surface area contributed by atoms with E-state index in [0.29, 0.717) is 17.3 Å². The van der Waals surface area contributed by atoms with Gasteiger partial charge >= 0.3 is 0 Å². The molecule has 25 heavy (non-hydrogen) atoms. The zero-order valence-electron chi connectivity index (χ0n) is 14.6. The number of aromatic nitrogens is 3. The summed E-state index contributed by atoms with van der Waals surface area (Å²) >= 11 is 5.94. The number of nitrogens with one attached hydrogen (secondary N) is 1. The summed E-state index contributed by atoms with van der Waals surface area (Å²) in [7, 11) is 0. The van der Waals surface area contributed by atoms with Gasteiger partial charge in [0.25, 0.3) is 5.91 Å². The van der Waals surface area contributed by atoms with Gasteiger partial charge in [0.1, 0.15) is 11.6 Å². The second kappa shape index (κ2) is 7.87. The molecule has 6 nitrogen and oxygen atoms in total. The lowest BCUT2D eigenvalue weighted by Gasteiger charge is -2.16. The van der Waals surface area contributed by atoms with E-state index in [1.165, 1.54) is 6.42 Å². The molecule has 1 aromatic carbocycles. The molecule has 1 N–H and O–H groups in total. The Morgan fingerprint density at radius 2 is 2.20 bits per heavy atom. The van der Waals surface area contributed by atoms with Crippen LogP contribution in [0, 0.1) is 6.92 Å². The number of amides is 1. The van der Waals surface area contributed by atoms with Crippen LogP contribution in [0.2, 0.25) is 5.02 Å². The van der Waals surface area contributed by atoms with Crippen molar-refractivity contribution in [2.24, 2.45) is 0 Å². The van der Waals surface area contributed by atoms with E-state index in [1.54, 1.807) is 19.1 Å². The molecule has 2 heterocycles. The maximum absolute atomic E-state index is 12.3. The first-order chi connectivity index (χ1) is 12.0. The maximum Gasteiger partial charge on any atom is 0.261 e. The SMILES string of the molecule is Cc1cc(Cl)ccc1OC(C)C(=O)NCc1nnc2n1CCCCC2. The molecule has 1 amide bonds. The van der Waals surface area contributed by atoms with Crippen LogP contribution in [-0.2, 0) is 24.3 Å². The second-order valence-corrected chi connectivity index (χ2v) is 6.82. The molecule has 134 valence electrons. The molecule has 2 aromatic rings. The molecule has 1 atom stereocenters. The fourth-order valence-corrected chi connectivity index (χ4v) is 3.20. The van der Waals surface area contributed by atoms with Crippen LogP contribution in [0.3, 0.4) is 0 Å². The van der Waals surface area contributed by atoms with Gasteiger partial charge in [0.05, 0.1) is 6.54 Å². The molecule has 3 rings (SSSR count). The van der Waals surface area contributed by atoms with Gasteiger partial charge in [0, 0.05) is 18.0 Å². The fourth-order valence-electron chi connectivity index (χ4n) is 2.97. The first-order valence-electron chi connectivity index (χ1n) is 8.66. The molecule has 0 saturated heterocycles. The quantitative estimate of drug-likeness (QED) is 0.887. The van der Waals surface area contributed by atoms with Crippen LogP contribution in [-0.4, -0.2) is 26.8 Å². The second-order valence-electron chi connectivity index (χ2n) is 6.38. The van der Waals surface area contributed by atoms with Crippen LogP contribution in [0.15, 0.2) is 18.2 Å². The predicted molar refractivity (Wildman–Crippen MR) is 95.7 cm³/mol. The Morgan fingerprint density at radius 1 is 1.36 bits per heavy atom. The maximum atomic E-state index is 12.3. The van der Waals surface area contributed by atoms with Crippen LogP contribution in [0.1, 0.15) is 43.4 Å². The Morgan fingerprint density at radius 3 is 3.00 bits per heavy atom. The number of halogens is 1. The molecular formula is C18H23ClN4O2. The first kappa shape index (κ1) is 17.7. The van der Waals surface area contributed by atoms with Crippen molar-refractivity contribution in [3.63, 3.8) is 0 Å². The van der Waals surface area contributed by atoms with Crippen LogP contribution in [0.25, 0.3) is 0 Å². The summed E-state index contributed by atoms with van der Waals surface area (Å²) in [6.07, 6.45) is 3.83. The number of nitrogens with zero attached hydrogens (tertiary/aromatic N) is 3. The Bertz CT molecular complexity index is 760. The van der Waals surface area contributed by atoms with E-state index in [4.69, 9.17) is 16.3 Å². The highest BCUT2D eigenvalue weighted by Gasteiger charge is 2.18. The minimum absolute atomic E-state index is 0.180. The van der Waals surface area contributed by atoms with Crippen LogP contribution in [0.4, 0.5) is 0 Å². The summed E-state index contributed by atoms with van der Waals surface area (Å²) in [5.41, 5.74) is 0.898. The van der Waals surface area contributed by atoms with Crippen molar-refractivity contribution in [1.82, 2.24) is 20.1 Å². The van der Waals surface area contributed by atoms with E-state index in [2.05, 4.69) is 20.1 Å². The summed E-state index contributed by atoms with van der Waals surface area (Å²) in [5, 5.41) is 12.0. The summed E-state index contributed by atoms with van der Waals surface area (Å²) in [6, 6.07) is 5.34. The van der Waals surface area contributed by atoms with Crippen LogP contribution in [0.5, 0.6) is 5.75 Å². The Kier molecular flexibility index (Phi) is 5.58. The summed E-state index contributed by atoms with van der Waals surface area (Å²) in [4.78, 5) is 12.3. The third kappa shape index (κ3) is 4.31. The third-order valence-corrected chi connectivity index (χ3v) is 4.65. The van der Waals surface area contributed by atoms with E-state index >= 15 is 0 Å². The van der Waals surface area contributed by atoms with Gasteiger partial charge in [-0.3, -0.25) is 4.79 Å². The number of ether oxygens (including phenoxy) is 1. The zero-order valence-corrected chi connectivity index (χ0v) is 15.3. The van der Waals surface area contributed by atoms with Gasteiger partial charge in [-0.15, -0.1) is 10.2 Å². The van der Waals surface area contributed by atoms with E-state index in [1.807, 2.05) is 13.0 Å². The van der Waals surface area contributed by atoms with Gasteiger partial charge in [-0.2, -0.15) is 0 Å². The molecule has 7 heteroatoms. The van der Waals surface area contributed by atoms with Crippen molar-refractivity contribution in [2.45, 2.75) is 58.7 Å². The predicted octanol–water partition coefficient (Wildman–Crippen LogP) is 3.05. The highest BCUT2D eigenvalue weighted by molar-refractivity contribution is 6.30. The Hall–Kier alpha value is -2.08. The van der Waals surface area contributed by atoms with Crippen molar-refractivity contribution in [3.05, 3.63) is 40.4 Å². The standard InChI is InChI=1S/C18H23ClN4O2/c1-12-10-14(19)7-8-15(12)25-13(2)18(24)20-11-17-22-21-16-6-4-3-5-9-23(16)17/h7-8,10,13H,3-6,9,11H2,1-2H3,(H,20,24). The number of hydrogen-bond acceptors (Lipinski definition) is 4. The number of carbonyl (C=O) groups is 1. The van der Waals surface area contributed by atoms with Gasteiger partial charge in [-0.1, -0.05) is 18.0 Å². The molecule has 0 spiro atoms. The molecule has 0 fully saturated rings. The van der Waals surface area contributed by atoms with Gasteiger partial charge < -0.3 is 14.6 Å². The third-order valence-electron chi connectivity index (χ3n) is 4.42. The molecular weight excluding hydrogens is 340 g/mol. The molecule has 0 radical (unpaired) electrons. The van der Waals surface area contributed by atoms with Crippen LogP contribution < -0.4 is 10.1 Å². The average molecular weight is 363 g/mol. The minimum atomic E-state index is -0.605. The molecule has 1 unspecified atom stereocenters. The molecule has 1 aliphatic heterocycles. The Labute approximate surface area is 152 Å². The minimum Gasteiger partial charge on any atom is -0.481 e. The number of fused-ring (bicyclic) bond motifs is 1. The normalized spacial score (nSPS) is 15.2. The summed E-state index contributed by atoms with van der Waals surface area (Å²) in [6.45, 7) is 4.91. The van der Waals surface area contributed by atoms with Crippen molar-refractivity contribution >= 4 is 17.5 Å². The Balaban J connectivity index is 1.58. The molecule has 0 bridgehead atoms. The fraction of sp³-hybridized carbons (Fsp3) is 0.500. The lowest BCUT2D eigenvalue weighted by molar-refractivity contribution is -0.127. The smallest absolute Gasteiger partial charge is 0.261 e. The largest absolute Gasteiger partial charge is 0.481 e. The van der Waals surface area contributed by atoms with E-state index in [0.717, 1.165) is 43.0 Å². The van der Waals surface area contributed by atoms with Crippen molar-refractivity contribution < 1.29 is 9.53 Å². The van der Waals surface area contributed by atoms with Gasteiger partial charge in [-0.05, 0) is 50.5 Å². The number of carbonyl (C=O) groups excluding carboxylic acids is 1. The van der Waals surface area contributed by atoms with E-state index in [9.17, 15) is 4.79 Å². The van der Waals surface area contributed by atoms with Gasteiger partial charge in [0.2, 0.25) is 0 Å². The monoisotopic (exact) mass is 362 g/mol. The van der Waals surface area contributed by atoms with Crippen molar-refractivity contribution in [2.75, 3.05) is 0 Å². The highest BCUT2D eigenvalue weighted by Crippen LogP contribution is 2.22. The topological polar surface area (TPSA) is 69.0 Å². The summed E-state index contributed by atoms with van der Waals surface area (Å²) < 4.78 is 7.88. The van der Waals surface area contributed by atoms with Crippen molar-refractivity contribution in [1.29, 1.82) is 0 Å².